The molecule has 1 atom stereocenters. The molecule has 21 heavy (non-hydrogen) atoms. The van der Waals surface area contributed by atoms with Gasteiger partial charge in [0.05, 0.1) is 12.2 Å². The predicted molar refractivity (Wildman–Crippen MR) is 91.1 cm³/mol. The topological polar surface area (TPSA) is 62.5 Å². The van der Waals surface area contributed by atoms with Gasteiger partial charge in [-0.1, -0.05) is 25.9 Å². The van der Waals surface area contributed by atoms with Gasteiger partial charge in [0.15, 0.2) is 5.96 Å². The lowest BCUT2D eigenvalue weighted by atomic mass is 10.1. The van der Waals surface area contributed by atoms with Crippen molar-refractivity contribution in [3.8, 4) is 0 Å². The van der Waals surface area contributed by atoms with Gasteiger partial charge in [0.1, 0.15) is 5.76 Å². The van der Waals surface area contributed by atoms with E-state index in [0.29, 0.717) is 11.8 Å². The Morgan fingerprint density at radius 1 is 1.29 bits per heavy atom. The molecule has 0 fully saturated rings. The molecular weight excluding hydrogens is 284 g/mol. The third-order valence-electron chi connectivity index (χ3n) is 3.31. The molecule has 0 aliphatic heterocycles. The van der Waals surface area contributed by atoms with Crippen LogP contribution in [0.1, 0.15) is 44.7 Å². The number of aromatic nitrogens is 1. The van der Waals surface area contributed by atoms with Crippen molar-refractivity contribution in [3.05, 3.63) is 17.0 Å². The van der Waals surface area contributed by atoms with Crippen LogP contribution < -0.4 is 10.6 Å². The summed E-state index contributed by atoms with van der Waals surface area (Å²) in [7, 11) is 0. The molecule has 1 rings (SSSR count). The number of thioether (sulfide) groups is 1. The van der Waals surface area contributed by atoms with Gasteiger partial charge in [0.2, 0.25) is 0 Å². The summed E-state index contributed by atoms with van der Waals surface area (Å²) in [6.45, 7) is 10.8. The highest BCUT2D eigenvalue weighted by Gasteiger charge is 2.13. The lowest BCUT2D eigenvalue weighted by Crippen LogP contribution is -2.40. The Hall–Kier alpha value is -1.17. The van der Waals surface area contributed by atoms with Crippen molar-refractivity contribution in [2.45, 2.75) is 52.3 Å². The van der Waals surface area contributed by atoms with E-state index in [1.807, 2.05) is 11.8 Å². The summed E-state index contributed by atoms with van der Waals surface area (Å²) >= 11 is 1.84. The van der Waals surface area contributed by atoms with E-state index in [4.69, 9.17) is 4.52 Å². The highest BCUT2D eigenvalue weighted by molar-refractivity contribution is 7.99. The van der Waals surface area contributed by atoms with Crippen LogP contribution in [0, 0.1) is 0 Å². The molecule has 0 spiro atoms. The number of nitrogens with one attached hydrogen (secondary N) is 2. The van der Waals surface area contributed by atoms with E-state index in [-0.39, 0.29) is 0 Å². The SMILES string of the molecule is CCNC(=NCc1c(CC)noc1CC)NCC(C)SC. The minimum Gasteiger partial charge on any atom is -0.361 e. The summed E-state index contributed by atoms with van der Waals surface area (Å²) in [5, 5.41) is 11.3. The van der Waals surface area contributed by atoms with E-state index in [9.17, 15) is 0 Å². The standard InChI is InChI=1S/C15H28N4OS/c1-6-13-12(14(7-2)20-19-13)10-18-15(16-8-3)17-9-11(4)21-5/h11H,6-10H2,1-5H3,(H2,16,17,18). The Labute approximate surface area is 132 Å². The lowest BCUT2D eigenvalue weighted by Gasteiger charge is -2.14. The number of hydrogen-bond acceptors (Lipinski definition) is 4. The van der Waals surface area contributed by atoms with Crippen molar-refractivity contribution in [1.82, 2.24) is 15.8 Å². The highest BCUT2D eigenvalue weighted by Crippen LogP contribution is 2.16. The fourth-order valence-corrected chi connectivity index (χ4v) is 2.19. The van der Waals surface area contributed by atoms with Crippen molar-refractivity contribution in [2.24, 2.45) is 4.99 Å². The third kappa shape index (κ3) is 5.61. The molecule has 2 N–H and O–H groups in total. The first-order valence-electron chi connectivity index (χ1n) is 7.67. The number of hydrogen-bond donors (Lipinski definition) is 2. The second-order valence-electron chi connectivity index (χ2n) is 4.86. The lowest BCUT2D eigenvalue weighted by molar-refractivity contribution is 0.380. The maximum Gasteiger partial charge on any atom is 0.191 e. The molecule has 6 heteroatoms. The maximum atomic E-state index is 5.38. The summed E-state index contributed by atoms with van der Waals surface area (Å²) < 4.78 is 5.38. The van der Waals surface area contributed by atoms with Gasteiger partial charge in [-0.25, -0.2) is 4.99 Å². The monoisotopic (exact) mass is 312 g/mol. The summed E-state index contributed by atoms with van der Waals surface area (Å²) in [6, 6.07) is 0. The first-order chi connectivity index (χ1) is 10.2. The van der Waals surface area contributed by atoms with Crippen LogP contribution in [0.5, 0.6) is 0 Å². The fraction of sp³-hybridized carbons (Fsp3) is 0.733. The van der Waals surface area contributed by atoms with Crippen molar-refractivity contribution >= 4 is 17.7 Å². The van der Waals surface area contributed by atoms with Crippen LogP contribution >= 0.6 is 11.8 Å². The largest absolute Gasteiger partial charge is 0.361 e. The second kappa shape index (κ2) is 9.71. The Morgan fingerprint density at radius 3 is 2.62 bits per heavy atom. The Kier molecular flexibility index (Phi) is 8.27. The molecule has 0 bridgehead atoms. The second-order valence-corrected chi connectivity index (χ2v) is 6.14. The van der Waals surface area contributed by atoms with Gasteiger partial charge >= 0.3 is 0 Å². The first kappa shape index (κ1) is 17.9. The molecule has 0 saturated carbocycles. The van der Waals surface area contributed by atoms with E-state index >= 15 is 0 Å². The van der Waals surface area contributed by atoms with Gasteiger partial charge in [-0.3, -0.25) is 0 Å². The number of aryl methyl sites for hydroxylation is 2. The minimum atomic E-state index is 0.557. The van der Waals surface area contributed by atoms with Crippen LogP contribution in [0.4, 0.5) is 0 Å². The normalized spacial score (nSPS) is 13.3. The fourth-order valence-electron chi connectivity index (χ4n) is 1.94. The molecule has 0 amide bonds. The van der Waals surface area contributed by atoms with Crippen LogP contribution in [-0.2, 0) is 19.4 Å². The molecule has 1 unspecified atom stereocenters. The Balaban J connectivity index is 2.75. The van der Waals surface area contributed by atoms with Gasteiger partial charge in [-0.05, 0) is 19.6 Å². The highest BCUT2D eigenvalue weighted by atomic mass is 32.2. The molecule has 120 valence electrons. The molecule has 5 nitrogen and oxygen atoms in total. The summed E-state index contributed by atoms with van der Waals surface area (Å²) in [5.74, 6) is 1.80. The van der Waals surface area contributed by atoms with Crippen LogP contribution in [0.2, 0.25) is 0 Å². The smallest absolute Gasteiger partial charge is 0.191 e. The number of guanidine groups is 1. The number of rotatable bonds is 8. The van der Waals surface area contributed by atoms with Gasteiger partial charge in [-0.2, -0.15) is 11.8 Å². The number of aliphatic imine (C=N–C) groups is 1. The van der Waals surface area contributed by atoms with Crippen molar-refractivity contribution in [3.63, 3.8) is 0 Å². The van der Waals surface area contributed by atoms with E-state index in [2.05, 4.69) is 54.7 Å². The summed E-state index contributed by atoms with van der Waals surface area (Å²) in [6.07, 6.45) is 3.85. The molecule has 1 heterocycles. The molecular formula is C15H28N4OS. The predicted octanol–water partition coefficient (Wildman–Crippen LogP) is 2.61. The van der Waals surface area contributed by atoms with Crippen LogP contribution in [-0.4, -0.2) is 35.7 Å². The van der Waals surface area contributed by atoms with Gasteiger partial charge in [-0.15, -0.1) is 0 Å². The van der Waals surface area contributed by atoms with Crippen molar-refractivity contribution in [1.29, 1.82) is 0 Å². The molecule has 0 aliphatic carbocycles. The van der Waals surface area contributed by atoms with Gasteiger partial charge in [0.25, 0.3) is 0 Å². The number of nitrogens with zero attached hydrogens (tertiary/aromatic N) is 2. The molecule has 0 saturated heterocycles. The van der Waals surface area contributed by atoms with Gasteiger partial charge in [0, 0.05) is 30.3 Å². The average Bonchev–Trinajstić information content (AvgIpc) is 2.91. The average molecular weight is 312 g/mol. The van der Waals surface area contributed by atoms with Crippen LogP contribution in [0.15, 0.2) is 9.52 Å². The Bertz CT molecular complexity index is 423. The maximum absolute atomic E-state index is 5.38. The van der Waals surface area contributed by atoms with E-state index < -0.39 is 0 Å². The minimum absolute atomic E-state index is 0.557. The van der Waals surface area contributed by atoms with Crippen molar-refractivity contribution < 1.29 is 4.52 Å². The molecule has 1 aromatic rings. The van der Waals surface area contributed by atoms with Crippen LogP contribution in [0.25, 0.3) is 0 Å². The van der Waals surface area contributed by atoms with E-state index in [0.717, 1.165) is 48.9 Å². The zero-order valence-corrected chi connectivity index (χ0v) is 14.6. The summed E-state index contributed by atoms with van der Waals surface area (Å²) in [4.78, 5) is 4.66. The first-order valence-corrected chi connectivity index (χ1v) is 8.96. The van der Waals surface area contributed by atoms with Crippen LogP contribution in [0.3, 0.4) is 0 Å². The van der Waals surface area contributed by atoms with Crippen molar-refractivity contribution in [2.75, 3.05) is 19.3 Å². The summed E-state index contributed by atoms with van der Waals surface area (Å²) in [5.41, 5.74) is 2.15. The zero-order valence-electron chi connectivity index (χ0n) is 13.8. The molecule has 1 aromatic heterocycles. The zero-order chi connectivity index (χ0) is 15.7. The van der Waals surface area contributed by atoms with E-state index in [1.165, 1.54) is 0 Å². The Morgan fingerprint density at radius 2 is 2.05 bits per heavy atom. The quantitative estimate of drug-likeness (QED) is 0.571. The molecule has 0 radical (unpaired) electrons. The van der Waals surface area contributed by atoms with E-state index in [1.54, 1.807) is 0 Å². The third-order valence-corrected chi connectivity index (χ3v) is 4.28. The molecule has 0 aliphatic rings. The van der Waals surface area contributed by atoms with Gasteiger partial charge < -0.3 is 15.2 Å². The molecule has 0 aromatic carbocycles.